The molecule has 1 N–H and O–H groups in total. The molecule has 0 aliphatic carbocycles. The number of nitrogens with one attached hydrogen (secondary N) is 1. The van der Waals surface area contributed by atoms with E-state index in [9.17, 15) is 0 Å². The second kappa shape index (κ2) is 5.41. The topological polar surface area (TPSA) is 30.5 Å². The van der Waals surface area contributed by atoms with Crippen LogP contribution in [-0.2, 0) is 0 Å². The molecule has 0 saturated carbocycles. The predicted molar refractivity (Wildman–Crippen MR) is 68.7 cm³/mol. The first-order chi connectivity index (χ1) is 8.26. The van der Waals surface area contributed by atoms with Crippen LogP contribution in [0, 0.1) is 5.92 Å². The molecule has 0 radical (unpaired) electrons. The standard InChI is InChI=1S/C14H21NO2/c1-4-10(2)14(15-3)13-9-16-11-7-5-6-8-12(11)17-13/h5-8,10,13-15H,4,9H2,1-3H3. The first-order valence-electron chi connectivity index (χ1n) is 6.32. The first kappa shape index (κ1) is 12.2. The highest BCUT2D eigenvalue weighted by molar-refractivity contribution is 5.40. The van der Waals surface area contributed by atoms with Gasteiger partial charge in [-0.15, -0.1) is 0 Å². The first-order valence-corrected chi connectivity index (χ1v) is 6.32. The second-order valence-corrected chi connectivity index (χ2v) is 4.61. The highest BCUT2D eigenvalue weighted by Gasteiger charge is 2.30. The van der Waals surface area contributed by atoms with Crippen LogP contribution in [-0.4, -0.2) is 25.8 Å². The smallest absolute Gasteiger partial charge is 0.161 e. The Bertz CT molecular complexity index is 367. The van der Waals surface area contributed by atoms with E-state index in [-0.39, 0.29) is 6.10 Å². The van der Waals surface area contributed by atoms with Crippen molar-refractivity contribution in [1.29, 1.82) is 0 Å². The fourth-order valence-electron chi connectivity index (χ4n) is 2.30. The van der Waals surface area contributed by atoms with Crippen molar-refractivity contribution in [2.45, 2.75) is 32.4 Å². The van der Waals surface area contributed by atoms with Gasteiger partial charge in [-0.2, -0.15) is 0 Å². The number of hydrogen-bond acceptors (Lipinski definition) is 3. The van der Waals surface area contributed by atoms with Gasteiger partial charge in [-0.05, 0) is 25.1 Å². The summed E-state index contributed by atoms with van der Waals surface area (Å²) in [5.74, 6) is 2.27. The van der Waals surface area contributed by atoms with Crippen molar-refractivity contribution < 1.29 is 9.47 Å². The van der Waals surface area contributed by atoms with Crippen molar-refractivity contribution in [3.05, 3.63) is 24.3 Å². The van der Waals surface area contributed by atoms with E-state index in [4.69, 9.17) is 9.47 Å². The molecule has 0 bridgehead atoms. The SMILES string of the molecule is CCC(C)C(NC)C1COc2ccccc2O1. The number of rotatable bonds is 4. The Hall–Kier alpha value is -1.22. The molecule has 1 heterocycles. The van der Waals surface area contributed by atoms with E-state index in [2.05, 4.69) is 19.2 Å². The molecule has 1 aliphatic rings. The predicted octanol–water partition coefficient (Wildman–Crippen LogP) is 2.46. The minimum Gasteiger partial charge on any atom is -0.486 e. The van der Waals surface area contributed by atoms with Gasteiger partial charge < -0.3 is 14.8 Å². The summed E-state index contributed by atoms with van der Waals surface area (Å²) in [6.07, 6.45) is 1.22. The summed E-state index contributed by atoms with van der Waals surface area (Å²) < 4.78 is 11.8. The van der Waals surface area contributed by atoms with E-state index >= 15 is 0 Å². The highest BCUT2D eigenvalue weighted by atomic mass is 16.6. The molecule has 3 atom stereocenters. The lowest BCUT2D eigenvalue weighted by molar-refractivity contribution is 0.0480. The Kier molecular flexibility index (Phi) is 3.89. The number of likely N-dealkylation sites (N-methyl/N-ethyl adjacent to an activating group) is 1. The van der Waals surface area contributed by atoms with Gasteiger partial charge in [0.25, 0.3) is 0 Å². The van der Waals surface area contributed by atoms with Gasteiger partial charge in [0.05, 0.1) is 0 Å². The number of benzene rings is 1. The summed E-state index contributed by atoms with van der Waals surface area (Å²) >= 11 is 0. The summed E-state index contributed by atoms with van der Waals surface area (Å²) in [5, 5.41) is 3.35. The van der Waals surface area contributed by atoms with Crippen molar-refractivity contribution >= 4 is 0 Å². The molecule has 17 heavy (non-hydrogen) atoms. The van der Waals surface area contributed by atoms with E-state index in [0.717, 1.165) is 17.9 Å². The summed E-state index contributed by atoms with van der Waals surface area (Å²) in [7, 11) is 1.99. The summed E-state index contributed by atoms with van der Waals surface area (Å²) in [6.45, 7) is 5.06. The summed E-state index contributed by atoms with van der Waals surface area (Å²) in [5.41, 5.74) is 0. The van der Waals surface area contributed by atoms with Gasteiger partial charge in [0.15, 0.2) is 11.5 Å². The van der Waals surface area contributed by atoms with Crippen LogP contribution < -0.4 is 14.8 Å². The maximum Gasteiger partial charge on any atom is 0.161 e. The lowest BCUT2D eigenvalue weighted by atomic mass is 9.94. The van der Waals surface area contributed by atoms with Gasteiger partial charge in [0, 0.05) is 6.04 Å². The third-order valence-electron chi connectivity index (χ3n) is 3.52. The average molecular weight is 235 g/mol. The third-order valence-corrected chi connectivity index (χ3v) is 3.52. The van der Waals surface area contributed by atoms with Crippen LogP contribution in [0.15, 0.2) is 24.3 Å². The fourth-order valence-corrected chi connectivity index (χ4v) is 2.30. The second-order valence-electron chi connectivity index (χ2n) is 4.61. The Morgan fingerprint density at radius 1 is 1.35 bits per heavy atom. The molecule has 94 valence electrons. The van der Waals surface area contributed by atoms with Crippen molar-refractivity contribution in [3.8, 4) is 11.5 Å². The summed E-state index contributed by atoms with van der Waals surface area (Å²) in [6, 6.07) is 8.18. The normalized spacial score (nSPS) is 21.9. The Morgan fingerprint density at radius 3 is 2.71 bits per heavy atom. The van der Waals surface area contributed by atoms with E-state index in [1.54, 1.807) is 0 Å². The molecular formula is C14H21NO2. The number of ether oxygens (including phenoxy) is 2. The van der Waals surface area contributed by atoms with Crippen molar-refractivity contribution in [1.82, 2.24) is 5.32 Å². The molecule has 0 fully saturated rings. The minimum atomic E-state index is 0.0878. The van der Waals surface area contributed by atoms with Crippen LogP contribution in [0.2, 0.25) is 0 Å². The molecule has 0 aromatic heterocycles. The van der Waals surface area contributed by atoms with E-state index in [1.807, 2.05) is 31.3 Å². The summed E-state index contributed by atoms with van der Waals surface area (Å²) in [4.78, 5) is 0. The van der Waals surface area contributed by atoms with E-state index in [0.29, 0.717) is 18.6 Å². The van der Waals surface area contributed by atoms with Crippen LogP contribution in [0.5, 0.6) is 11.5 Å². The Labute approximate surface area is 103 Å². The monoisotopic (exact) mass is 235 g/mol. The molecule has 1 aromatic carbocycles. The maximum atomic E-state index is 6.02. The van der Waals surface area contributed by atoms with Crippen molar-refractivity contribution in [2.24, 2.45) is 5.92 Å². The van der Waals surface area contributed by atoms with Gasteiger partial charge in [-0.1, -0.05) is 32.4 Å². The molecule has 0 spiro atoms. The van der Waals surface area contributed by atoms with Gasteiger partial charge in [0.2, 0.25) is 0 Å². The van der Waals surface area contributed by atoms with Crippen molar-refractivity contribution in [2.75, 3.05) is 13.7 Å². The zero-order valence-corrected chi connectivity index (χ0v) is 10.8. The largest absolute Gasteiger partial charge is 0.486 e. The van der Waals surface area contributed by atoms with E-state index in [1.165, 1.54) is 0 Å². The van der Waals surface area contributed by atoms with Crippen LogP contribution in [0.1, 0.15) is 20.3 Å². The van der Waals surface area contributed by atoms with Crippen LogP contribution in [0.3, 0.4) is 0 Å². The fraction of sp³-hybridized carbons (Fsp3) is 0.571. The van der Waals surface area contributed by atoms with Crippen LogP contribution in [0.25, 0.3) is 0 Å². The zero-order valence-electron chi connectivity index (χ0n) is 10.8. The van der Waals surface area contributed by atoms with Gasteiger partial charge in [-0.25, -0.2) is 0 Å². The minimum absolute atomic E-state index is 0.0878. The molecule has 2 rings (SSSR count). The Morgan fingerprint density at radius 2 is 2.06 bits per heavy atom. The van der Waals surface area contributed by atoms with Crippen molar-refractivity contribution in [3.63, 3.8) is 0 Å². The van der Waals surface area contributed by atoms with Gasteiger partial charge >= 0.3 is 0 Å². The molecular weight excluding hydrogens is 214 g/mol. The molecule has 0 amide bonds. The number of fused-ring (bicyclic) bond motifs is 1. The van der Waals surface area contributed by atoms with Gasteiger partial charge in [-0.3, -0.25) is 0 Å². The maximum absolute atomic E-state index is 6.02. The quantitative estimate of drug-likeness (QED) is 0.869. The average Bonchev–Trinajstić information content (AvgIpc) is 2.39. The van der Waals surface area contributed by atoms with Crippen LogP contribution >= 0.6 is 0 Å². The molecule has 0 saturated heterocycles. The molecule has 3 nitrogen and oxygen atoms in total. The van der Waals surface area contributed by atoms with E-state index < -0.39 is 0 Å². The highest BCUT2D eigenvalue weighted by Crippen LogP contribution is 2.32. The lowest BCUT2D eigenvalue weighted by Gasteiger charge is -2.34. The van der Waals surface area contributed by atoms with Gasteiger partial charge in [0.1, 0.15) is 12.7 Å². The molecule has 3 unspecified atom stereocenters. The molecule has 3 heteroatoms. The number of hydrogen-bond donors (Lipinski definition) is 1. The third kappa shape index (κ3) is 2.55. The van der Waals surface area contributed by atoms with Crippen LogP contribution in [0.4, 0.5) is 0 Å². The Balaban J connectivity index is 2.10. The molecule has 1 aliphatic heterocycles. The lowest BCUT2D eigenvalue weighted by Crippen LogP contribution is -2.49. The number of para-hydroxylation sites is 2. The zero-order chi connectivity index (χ0) is 12.3. The molecule has 1 aromatic rings.